The van der Waals surface area contributed by atoms with Gasteiger partial charge in [0.05, 0.1) is 11.5 Å². The van der Waals surface area contributed by atoms with Crippen LogP contribution in [0.4, 0.5) is 13.2 Å². The molecular weight excluding hydrogens is 299 g/mol. The Hall–Kier alpha value is -1.32. The molecule has 0 heterocycles. The predicted octanol–water partition coefficient (Wildman–Crippen LogP) is 2.45. The highest BCUT2D eigenvalue weighted by atomic mass is 32.2. The van der Waals surface area contributed by atoms with E-state index in [0.29, 0.717) is 0 Å². The summed E-state index contributed by atoms with van der Waals surface area (Å²) in [5.41, 5.74) is 0. The monoisotopic (exact) mass is 313 g/mol. The highest BCUT2D eigenvalue weighted by Gasteiger charge is 2.31. The average molecular weight is 313 g/mol. The van der Waals surface area contributed by atoms with Crippen LogP contribution in [-0.2, 0) is 14.9 Å². The van der Waals surface area contributed by atoms with E-state index in [2.05, 4.69) is 4.74 Å². The number of benzene rings is 1. The molecule has 1 rings (SSSR count). The van der Waals surface area contributed by atoms with Gasteiger partial charge in [0.25, 0.3) is 10.0 Å². The first-order valence-corrected chi connectivity index (χ1v) is 7.08. The Kier molecular flexibility index (Phi) is 5.37. The van der Waals surface area contributed by atoms with E-state index in [0.717, 1.165) is 24.3 Å². The van der Waals surface area contributed by atoms with Crippen molar-refractivity contribution < 1.29 is 31.2 Å². The first-order chi connectivity index (χ1) is 9.10. The van der Waals surface area contributed by atoms with Crippen LogP contribution in [-0.4, -0.2) is 21.4 Å². The quantitative estimate of drug-likeness (QED) is 0.819. The molecule has 1 N–H and O–H groups in total. The third-order valence-corrected chi connectivity index (χ3v) is 3.18. The number of ether oxygens (including phenoxy) is 1. The first-order valence-electron chi connectivity index (χ1n) is 5.59. The van der Waals surface area contributed by atoms with Crippen molar-refractivity contribution in [3.05, 3.63) is 24.3 Å². The minimum Gasteiger partial charge on any atom is -0.406 e. The topological polar surface area (TPSA) is 64.6 Å². The van der Waals surface area contributed by atoms with Crippen LogP contribution in [0.25, 0.3) is 0 Å². The molecule has 0 spiro atoms. The molecule has 0 bridgehead atoms. The van der Waals surface area contributed by atoms with Crippen LogP contribution in [0.5, 0.6) is 5.75 Å². The molecule has 0 atom stereocenters. The maximum atomic E-state index is 11.9. The summed E-state index contributed by atoms with van der Waals surface area (Å²) in [6.07, 6.45) is -4.82. The summed E-state index contributed by atoms with van der Waals surface area (Å²) in [4.78, 5) is 6.43. The number of sulfonamides is 1. The predicted molar refractivity (Wildman–Crippen MR) is 64.2 cm³/mol. The Labute approximate surface area is 114 Å². The van der Waals surface area contributed by atoms with Gasteiger partial charge in [0.2, 0.25) is 0 Å². The maximum absolute atomic E-state index is 11.9. The zero-order valence-electron chi connectivity index (χ0n) is 10.8. The Balaban J connectivity index is 2.72. The summed E-state index contributed by atoms with van der Waals surface area (Å²) < 4.78 is 62.9. The fourth-order valence-corrected chi connectivity index (χ4v) is 1.96. The van der Waals surface area contributed by atoms with Gasteiger partial charge >= 0.3 is 6.36 Å². The third-order valence-electron chi connectivity index (χ3n) is 1.95. The van der Waals surface area contributed by atoms with Crippen LogP contribution in [0.3, 0.4) is 0 Å². The number of hydrogen-bond acceptors (Lipinski definition) is 4. The molecule has 0 aliphatic carbocycles. The van der Waals surface area contributed by atoms with Gasteiger partial charge in [-0.15, -0.1) is 13.2 Å². The van der Waals surface area contributed by atoms with Crippen LogP contribution in [0.2, 0.25) is 0 Å². The van der Waals surface area contributed by atoms with Gasteiger partial charge in [-0.05, 0) is 30.2 Å². The fourth-order valence-electron chi connectivity index (χ4n) is 1.15. The molecule has 0 fully saturated rings. The van der Waals surface area contributed by atoms with E-state index >= 15 is 0 Å². The third kappa shape index (κ3) is 5.76. The Morgan fingerprint density at radius 1 is 1.20 bits per heavy atom. The molecular formula is C11H14F3NO4S. The van der Waals surface area contributed by atoms with Crippen LogP contribution < -0.4 is 9.62 Å². The summed E-state index contributed by atoms with van der Waals surface area (Å²) >= 11 is 0. The molecule has 20 heavy (non-hydrogen) atoms. The van der Waals surface area contributed by atoms with Gasteiger partial charge in [-0.25, -0.2) is 8.42 Å². The van der Waals surface area contributed by atoms with Crippen molar-refractivity contribution in [3.63, 3.8) is 0 Å². The van der Waals surface area contributed by atoms with Crippen LogP contribution in [0, 0.1) is 5.92 Å². The average Bonchev–Trinajstić information content (AvgIpc) is 2.26. The Bertz CT molecular complexity index is 526. The lowest BCUT2D eigenvalue weighted by Crippen LogP contribution is -2.25. The first kappa shape index (κ1) is 16.7. The number of alkyl halides is 3. The summed E-state index contributed by atoms with van der Waals surface area (Å²) in [6.45, 7) is 3.84. The largest absolute Gasteiger partial charge is 0.573 e. The standard InChI is InChI=1S/C11H14F3NO4S/c1-8(2)7-18-15-20(16,17)10-5-3-9(4-6-10)19-11(12,13)14/h3-6,8,15H,7H2,1-2H3. The molecule has 0 saturated carbocycles. The normalized spacial score (nSPS) is 12.7. The van der Waals surface area contributed by atoms with E-state index in [9.17, 15) is 21.6 Å². The molecule has 0 aliphatic heterocycles. The highest BCUT2D eigenvalue weighted by Crippen LogP contribution is 2.23. The van der Waals surface area contributed by atoms with Gasteiger partial charge in [-0.1, -0.05) is 18.7 Å². The Morgan fingerprint density at radius 3 is 2.20 bits per heavy atom. The van der Waals surface area contributed by atoms with Gasteiger partial charge in [0.15, 0.2) is 0 Å². The minimum absolute atomic E-state index is 0.125. The zero-order valence-corrected chi connectivity index (χ0v) is 11.6. The van der Waals surface area contributed by atoms with Crippen LogP contribution in [0.15, 0.2) is 29.2 Å². The highest BCUT2D eigenvalue weighted by molar-refractivity contribution is 7.89. The van der Waals surface area contributed by atoms with Gasteiger partial charge in [-0.3, -0.25) is 4.84 Å². The van der Waals surface area contributed by atoms with E-state index in [1.54, 1.807) is 0 Å². The molecule has 114 valence electrons. The lowest BCUT2D eigenvalue weighted by molar-refractivity contribution is -0.274. The molecule has 5 nitrogen and oxygen atoms in total. The van der Waals surface area contributed by atoms with Gasteiger partial charge in [-0.2, -0.15) is 0 Å². The smallest absolute Gasteiger partial charge is 0.406 e. The number of nitrogens with one attached hydrogen (secondary N) is 1. The molecule has 1 aromatic carbocycles. The van der Waals surface area contributed by atoms with E-state index in [4.69, 9.17) is 4.84 Å². The van der Waals surface area contributed by atoms with Gasteiger partial charge in [0, 0.05) is 0 Å². The molecule has 9 heteroatoms. The lowest BCUT2D eigenvalue weighted by Gasteiger charge is -2.11. The second-order valence-corrected chi connectivity index (χ2v) is 5.96. The molecule has 0 unspecified atom stereocenters. The zero-order chi connectivity index (χ0) is 15.4. The molecule has 0 saturated heterocycles. The van der Waals surface area contributed by atoms with Crippen molar-refractivity contribution >= 4 is 10.0 Å². The maximum Gasteiger partial charge on any atom is 0.573 e. The molecule has 0 radical (unpaired) electrons. The second kappa shape index (κ2) is 6.42. The van der Waals surface area contributed by atoms with Gasteiger partial charge < -0.3 is 4.74 Å². The van der Waals surface area contributed by atoms with Crippen molar-refractivity contribution in [2.75, 3.05) is 6.61 Å². The van der Waals surface area contributed by atoms with Crippen molar-refractivity contribution in [2.45, 2.75) is 25.1 Å². The van der Waals surface area contributed by atoms with E-state index in [1.807, 2.05) is 18.7 Å². The fraction of sp³-hybridized carbons (Fsp3) is 0.455. The molecule has 1 aromatic rings. The van der Waals surface area contributed by atoms with Crippen molar-refractivity contribution in [1.29, 1.82) is 0 Å². The van der Waals surface area contributed by atoms with Gasteiger partial charge in [0.1, 0.15) is 5.75 Å². The summed E-state index contributed by atoms with van der Waals surface area (Å²) in [6, 6.07) is 3.79. The molecule has 0 aromatic heterocycles. The summed E-state index contributed by atoms with van der Waals surface area (Å²) in [7, 11) is -3.93. The minimum atomic E-state index is -4.82. The number of hydrogen-bond donors (Lipinski definition) is 1. The van der Waals surface area contributed by atoms with Crippen molar-refractivity contribution in [3.8, 4) is 5.75 Å². The SMILES string of the molecule is CC(C)CONS(=O)(=O)c1ccc(OC(F)(F)F)cc1. The van der Waals surface area contributed by atoms with E-state index in [-0.39, 0.29) is 17.4 Å². The van der Waals surface area contributed by atoms with Crippen LogP contribution in [0.1, 0.15) is 13.8 Å². The van der Waals surface area contributed by atoms with Crippen molar-refractivity contribution in [1.82, 2.24) is 4.89 Å². The second-order valence-electron chi connectivity index (χ2n) is 4.31. The van der Waals surface area contributed by atoms with E-state index in [1.165, 1.54) is 0 Å². The Morgan fingerprint density at radius 2 is 1.75 bits per heavy atom. The molecule has 0 amide bonds. The van der Waals surface area contributed by atoms with Crippen LogP contribution >= 0.6 is 0 Å². The number of rotatable bonds is 6. The summed E-state index contributed by atoms with van der Waals surface area (Å²) in [5.74, 6) is -0.375. The molecule has 0 aliphatic rings. The lowest BCUT2D eigenvalue weighted by atomic mass is 10.2. The summed E-state index contributed by atoms with van der Waals surface area (Å²) in [5, 5.41) is 0. The van der Waals surface area contributed by atoms with E-state index < -0.39 is 22.1 Å². The number of halogens is 3. The van der Waals surface area contributed by atoms with Crippen molar-refractivity contribution in [2.24, 2.45) is 5.92 Å².